The maximum atomic E-state index is 5.87. The summed E-state index contributed by atoms with van der Waals surface area (Å²) in [6, 6.07) is 6.29. The topological polar surface area (TPSA) is 61.8 Å². The normalized spacial score (nSPS) is 11.3. The Kier molecular flexibility index (Phi) is 7.72. The summed E-state index contributed by atoms with van der Waals surface area (Å²) in [5.74, 6) is 1.68. The zero-order chi connectivity index (χ0) is 18.9. The molecule has 26 heavy (non-hydrogen) atoms. The van der Waals surface area contributed by atoms with E-state index in [1.165, 1.54) is 5.56 Å². The molecule has 0 aliphatic carbocycles. The minimum atomic E-state index is 0.636. The van der Waals surface area contributed by atoms with Crippen LogP contribution in [0, 0.1) is 6.92 Å². The zero-order valence-corrected chi connectivity index (χ0v) is 17.1. The number of aliphatic imine (C=N–C) groups is 1. The Morgan fingerprint density at radius 1 is 1.27 bits per heavy atom. The maximum absolute atomic E-state index is 5.87. The predicted molar refractivity (Wildman–Crippen MR) is 110 cm³/mol. The average molecular weight is 376 g/mol. The number of anilines is 1. The van der Waals surface area contributed by atoms with E-state index in [9.17, 15) is 0 Å². The second kappa shape index (κ2) is 10.0. The van der Waals surface area contributed by atoms with Gasteiger partial charge in [0.15, 0.2) is 11.1 Å². The van der Waals surface area contributed by atoms with Crippen molar-refractivity contribution in [3.8, 4) is 5.75 Å². The Labute approximate surface area is 160 Å². The molecule has 0 amide bonds. The monoisotopic (exact) mass is 375 g/mol. The number of ether oxygens (including phenoxy) is 1. The second-order valence-electron chi connectivity index (χ2n) is 6.25. The van der Waals surface area contributed by atoms with Crippen LogP contribution in [0.15, 0.2) is 28.6 Å². The highest BCUT2D eigenvalue weighted by Crippen LogP contribution is 2.20. The lowest BCUT2D eigenvalue weighted by molar-refractivity contribution is 0.313. The minimum Gasteiger partial charge on any atom is -0.493 e. The van der Waals surface area contributed by atoms with Crippen LogP contribution in [0.1, 0.15) is 30.2 Å². The lowest BCUT2D eigenvalue weighted by atomic mass is 10.1. The molecule has 7 heteroatoms. The number of aryl methyl sites for hydroxylation is 1. The van der Waals surface area contributed by atoms with Crippen LogP contribution in [0.5, 0.6) is 5.75 Å². The van der Waals surface area contributed by atoms with Gasteiger partial charge in [-0.15, -0.1) is 11.3 Å². The molecule has 0 aliphatic heterocycles. The number of guanidine groups is 1. The molecule has 0 spiro atoms. The largest absolute Gasteiger partial charge is 0.493 e. The average Bonchev–Trinajstić information content (AvgIpc) is 3.10. The molecule has 6 nitrogen and oxygen atoms in total. The van der Waals surface area contributed by atoms with Gasteiger partial charge in [0, 0.05) is 38.6 Å². The Bertz CT molecular complexity index is 726. The van der Waals surface area contributed by atoms with Crippen molar-refractivity contribution in [2.45, 2.75) is 33.4 Å². The first-order chi connectivity index (χ1) is 12.5. The highest BCUT2D eigenvalue weighted by Gasteiger charge is 2.07. The number of hydrogen-bond acceptors (Lipinski definition) is 5. The molecule has 2 N–H and O–H groups in total. The van der Waals surface area contributed by atoms with Gasteiger partial charge in [-0.05, 0) is 25.0 Å². The molecular weight excluding hydrogens is 346 g/mol. The number of hydrogen-bond donors (Lipinski definition) is 2. The zero-order valence-electron chi connectivity index (χ0n) is 16.3. The van der Waals surface area contributed by atoms with Gasteiger partial charge in [-0.3, -0.25) is 4.99 Å². The fourth-order valence-corrected chi connectivity index (χ4v) is 3.07. The summed E-state index contributed by atoms with van der Waals surface area (Å²) in [4.78, 5) is 10.9. The number of thiazole rings is 1. The van der Waals surface area contributed by atoms with Crippen LogP contribution in [0.2, 0.25) is 0 Å². The van der Waals surface area contributed by atoms with E-state index < -0.39 is 0 Å². The molecule has 0 saturated heterocycles. The molecule has 2 aromatic rings. The van der Waals surface area contributed by atoms with Gasteiger partial charge in [-0.2, -0.15) is 0 Å². The molecule has 1 aromatic heterocycles. The number of aromatic nitrogens is 1. The Morgan fingerprint density at radius 3 is 2.69 bits per heavy atom. The summed E-state index contributed by atoms with van der Waals surface area (Å²) < 4.78 is 5.87. The van der Waals surface area contributed by atoms with Crippen LogP contribution in [0.4, 0.5) is 5.13 Å². The summed E-state index contributed by atoms with van der Waals surface area (Å²) >= 11 is 1.64. The van der Waals surface area contributed by atoms with Crippen LogP contribution in [-0.4, -0.2) is 38.7 Å². The SMILES string of the molecule is CCCOc1cc(C)ccc1CNC(=NC)NCc1csc(N(C)C)n1. The fourth-order valence-electron chi connectivity index (χ4n) is 2.31. The van der Waals surface area contributed by atoms with Crippen molar-refractivity contribution in [2.75, 3.05) is 32.6 Å². The first-order valence-electron chi connectivity index (χ1n) is 8.82. The molecule has 0 aliphatic rings. The van der Waals surface area contributed by atoms with Crippen LogP contribution in [0.25, 0.3) is 0 Å². The molecule has 0 saturated carbocycles. The maximum Gasteiger partial charge on any atom is 0.191 e. The molecule has 1 aromatic carbocycles. The molecular formula is C19H29N5OS. The van der Waals surface area contributed by atoms with E-state index in [1.54, 1.807) is 18.4 Å². The van der Waals surface area contributed by atoms with Crippen molar-refractivity contribution in [1.29, 1.82) is 0 Å². The van der Waals surface area contributed by atoms with E-state index in [1.807, 2.05) is 19.0 Å². The lowest BCUT2D eigenvalue weighted by Crippen LogP contribution is -2.36. The summed E-state index contributed by atoms with van der Waals surface area (Å²) in [6.07, 6.45) is 0.993. The fraction of sp³-hybridized carbons (Fsp3) is 0.474. The molecule has 2 rings (SSSR count). The van der Waals surface area contributed by atoms with Crippen molar-refractivity contribution in [3.05, 3.63) is 40.4 Å². The van der Waals surface area contributed by atoms with Crippen molar-refractivity contribution in [1.82, 2.24) is 15.6 Å². The van der Waals surface area contributed by atoms with E-state index in [0.717, 1.165) is 41.1 Å². The third-order valence-corrected chi connectivity index (χ3v) is 4.77. The summed E-state index contributed by atoms with van der Waals surface area (Å²) in [5.41, 5.74) is 3.32. The van der Waals surface area contributed by atoms with Crippen LogP contribution in [-0.2, 0) is 13.1 Å². The highest BCUT2D eigenvalue weighted by atomic mass is 32.1. The third kappa shape index (κ3) is 5.91. The van der Waals surface area contributed by atoms with Gasteiger partial charge in [0.1, 0.15) is 5.75 Å². The van der Waals surface area contributed by atoms with E-state index >= 15 is 0 Å². The Balaban J connectivity index is 1.92. The van der Waals surface area contributed by atoms with Crippen molar-refractivity contribution >= 4 is 22.4 Å². The third-order valence-electron chi connectivity index (χ3n) is 3.71. The van der Waals surface area contributed by atoms with Crippen molar-refractivity contribution in [3.63, 3.8) is 0 Å². The molecule has 0 bridgehead atoms. The quantitative estimate of drug-likeness (QED) is 0.548. The molecule has 0 unspecified atom stereocenters. The number of benzene rings is 1. The number of nitrogens with zero attached hydrogens (tertiary/aromatic N) is 3. The van der Waals surface area contributed by atoms with Crippen LogP contribution < -0.4 is 20.3 Å². The van der Waals surface area contributed by atoms with Gasteiger partial charge >= 0.3 is 0 Å². The standard InChI is InChI=1S/C19H29N5OS/c1-6-9-25-17-10-14(2)7-8-15(17)11-21-18(20-3)22-12-16-13-26-19(23-16)24(4)5/h7-8,10,13H,6,9,11-12H2,1-5H3,(H2,20,21,22). The van der Waals surface area contributed by atoms with Gasteiger partial charge in [0.05, 0.1) is 18.8 Å². The highest BCUT2D eigenvalue weighted by molar-refractivity contribution is 7.13. The number of rotatable bonds is 8. The van der Waals surface area contributed by atoms with Crippen LogP contribution >= 0.6 is 11.3 Å². The van der Waals surface area contributed by atoms with Gasteiger partial charge < -0.3 is 20.3 Å². The molecule has 0 atom stereocenters. The minimum absolute atomic E-state index is 0.636. The smallest absolute Gasteiger partial charge is 0.191 e. The van der Waals surface area contributed by atoms with E-state index in [2.05, 4.69) is 58.0 Å². The summed E-state index contributed by atoms with van der Waals surface area (Å²) in [5, 5.41) is 9.72. The van der Waals surface area contributed by atoms with Crippen molar-refractivity contribution in [2.24, 2.45) is 4.99 Å². The lowest BCUT2D eigenvalue weighted by Gasteiger charge is -2.15. The Morgan fingerprint density at radius 2 is 2.04 bits per heavy atom. The predicted octanol–water partition coefficient (Wildman–Crippen LogP) is 3.17. The van der Waals surface area contributed by atoms with Crippen molar-refractivity contribution < 1.29 is 4.74 Å². The van der Waals surface area contributed by atoms with E-state index in [0.29, 0.717) is 13.1 Å². The summed E-state index contributed by atoms with van der Waals surface area (Å²) in [7, 11) is 5.76. The molecule has 1 heterocycles. The number of nitrogens with one attached hydrogen (secondary N) is 2. The molecule has 0 radical (unpaired) electrons. The van der Waals surface area contributed by atoms with Gasteiger partial charge in [0.2, 0.25) is 0 Å². The Hall–Kier alpha value is -2.28. The molecule has 142 valence electrons. The first-order valence-corrected chi connectivity index (χ1v) is 9.70. The van der Waals surface area contributed by atoms with E-state index in [-0.39, 0.29) is 0 Å². The van der Waals surface area contributed by atoms with Gasteiger partial charge in [-0.25, -0.2) is 4.98 Å². The molecule has 0 fully saturated rings. The van der Waals surface area contributed by atoms with Gasteiger partial charge in [-0.1, -0.05) is 19.1 Å². The summed E-state index contributed by atoms with van der Waals surface area (Å²) in [6.45, 7) is 6.20. The second-order valence-corrected chi connectivity index (χ2v) is 7.09. The van der Waals surface area contributed by atoms with E-state index in [4.69, 9.17) is 4.74 Å². The van der Waals surface area contributed by atoms with Gasteiger partial charge in [0.25, 0.3) is 0 Å². The first kappa shape index (κ1) is 20.0. The van der Waals surface area contributed by atoms with Crippen LogP contribution in [0.3, 0.4) is 0 Å².